The highest BCUT2D eigenvalue weighted by Gasteiger charge is 2.07. The molecule has 0 bridgehead atoms. The molecule has 0 aliphatic carbocycles. The number of nitrogens with one attached hydrogen (secondary N) is 1. The molecule has 13 heavy (non-hydrogen) atoms. The van der Waals surface area contributed by atoms with E-state index < -0.39 is 5.97 Å². The zero-order chi connectivity index (χ0) is 9.68. The molecule has 0 aliphatic rings. The minimum atomic E-state index is -0.417. The van der Waals surface area contributed by atoms with Gasteiger partial charge in [0, 0.05) is 0 Å². The second-order valence-electron chi connectivity index (χ2n) is 2.29. The zero-order valence-electron chi connectivity index (χ0n) is 7.15. The van der Waals surface area contributed by atoms with Gasteiger partial charge in [-0.15, -0.1) is 0 Å². The molecule has 0 saturated carbocycles. The van der Waals surface area contributed by atoms with E-state index >= 15 is 0 Å². The van der Waals surface area contributed by atoms with E-state index in [1.54, 1.807) is 19.1 Å². The molecule has 0 amide bonds. The number of hydrogen-bond donors (Lipinski definition) is 2. The average Bonchev–Trinajstić information content (AvgIpc) is 2.54. The van der Waals surface area contributed by atoms with Crippen LogP contribution >= 0.6 is 0 Å². The number of oxime groups is 1. The first kappa shape index (κ1) is 9.31. The van der Waals surface area contributed by atoms with Crippen LogP contribution in [0, 0.1) is 0 Å². The summed E-state index contributed by atoms with van der Waals surface area (Å²) < 4.78 is 4.74. The quantitative estimate of drug-likeness (QED) is 0.317. The Hall–Kier alpha value is -1.78. The number of esters is 1. The number of H-pyrrole nitrogens is 1. The average molecular weight is 182 g/mol. The molecule has 0 aliphatic heterocycles. The number of hydrogen-bond acceptors (Lipinski definition) is 4. The third-order valence-corrected chi connectivity index (χ3v) is 1.40. The van der Waals surface area contributed by atoms with Crippen molar-refractivity contribution in [1.29, 1.82) is 0 Å². The van der Waals surface area contributed by atoms with Crippen molar-refractivity contribution in [3.05, 3.63) is 23.5 Å². The van der Waals surface area contributed by atoms with Crippen LogP contribution in [-0.4, -0.2) is 29.0 Å². The van der Waals surface area contributed by atoms with Crippen LogP contribution in [0.2, 0.25) is 0 Å². The fourth-order valence-corrected chi connectivity index (χ4v) is 0.877. The van der Waals surface area contributed by atoms with E-state index in [4.69, 9.17) is 9.94 Å². The third kappa shape index (κ3) is 2.33. The van der Waals surface area contributed by atoms with Crippen LogP contribution in [-0.2, 0) is 4.74 Å². The summed E-state index contributed by atoms with van der Waals surface area (Å²) in [5.74, 6) is -0.417. The largest absolute Gasteiger partial charge is 0.461 e. The van der Waals surface area contributed by atoms with Crippen LogP contribution in [0.25, 0.3) is 0 Å². The second kappa shape index (κ2) is 4.30. The minimum Gasteiger partial charge on any atom is -0.461 e. The Morgan fingerprint density at radius 2 is 2.54 bits per heavy atom. The lowest BCUT2D eigenvalue weighted by Crippen LogP contribution is -2.04. The lowest BCUT2D eigenvalue weighted by Gasteiger charge is -1.96. The van der Waals surface area contributed by atoms with Crippen molar-refractivity contribution in [2.75, 3.05) is 6.61 Å². The molecular weight excluding hydrogens is 172 g/mol. The predicted octanol–water partition coefficient (Wildman–Crippen LogP) is 1.000. The summed E-state index contributed by atoms with van der Waals surface area (Å²) in [6.07, 6.45) is 1.20. The molecule has 0 fully saturated rings. The molecule has 0 spiro atoms. The Bertz CT molecular complexity index is 317. The number of aromatic nitrogens is 1. The molecule has 70 valence electrons. The maximum atomic E-state index is 11.1. The van der Waals surface area contributed by atoms with Gasteiger partial charge in [-0.1, -0.05) is 5.16 Å². The highest BCUT2D eigenvalue weighted by atomic mass is 16.5. The van der Waals surface area contributed by atoms with Crippen molar-refractivity contribution >= 4 is 12.2 Å². The van der Waals surface area contributed by atoms with Crippen molar-refractivity contribution in [3.63, 3.8) is 0 Å². The SMILES string of the molecule is CCOC(=O)c1ccc(C=NO)[nH]1. The molecule has 2 N–H and O–H groups in total. The van der Waals surface area contributed by atoms with E-state index in [9.17, 15) is 4.79 Å². The first-order valence-corrected chi connectivity index (χ1v) is 3.81. The molecule has 1 aromatic rings. The van der Waals surface area contributed by atoms with Crippen LogP contribution in [0.1, 0.15) is 23.1 Å². The Morgan fingerprint density at radius 1 is 1.77 bits per heavy atom. The van der Waals surface area contributed by atoms with E-state index in [1.165, 1.54) is 6.21 Å². The van der Waals surface area contributed by atoms with Crippen molar-refractivity contribution in [3.8, 4) is 0 Å². The lowest BCUT2D eigenvalue weighted by molar-refractivity contribution is 0.0520. The van der Waals surface area contributed by atoms with E-state index in [1.807, 2.05) is 0 Å². The molecule has 5 nitrogen and oxygen atoms in total. The zero-order valence-corrected chi connectivity index (χ0v) is 7.15. The number of nitrogens with zero attached hydrogens (tertiary/aromatic N) is 1. The number of rotatable bonds is 3. The summed E-state index contributed by atoms with van der Waals surface area (Å²) in [5.41, 5.74) is 0.891. The summed E-state index contributed by atoms with van der Waals surface area (Å²) in [5, 5.41) is 11.0. The summed E-state index contributed by atoms with van der Waals surface area (Å²) >= 11 is 0. The molecule has 5 heteroatoms. The molecule has 0 atom stereocenters. The van der Waals surface area contributed by atoms with Crippen molar-refractivity contribution in [2.24, 2.45) is 5.16 Å². The molecule has 0 saturated heterocycles. The monoisotopic (exact) mass is 182 g/mol. The van der Waals surface area contributed by atoms with Gasteiger partial charge in [0.05, 0.1) is 18.5 Å². The molecule has 1 rings (SSSR count). The highest BCUT2D eigenvalue weighted by Crippen LogP contribution is 2.01. The molecule has 0 radical (unpaired) electrons. The summed E-state index contributed by atoms with van der Waals surface area (Å²) in [6.45, 7) is 2.07. The number of ether oxygens (including phenoxy) is 1. The predicted molar refractivity (Wildman–Crippen MR) is 46.1 cm³/mol. The third-order valence-electron chi connectivity index (χ3n) is 1.40. The number of aromatic amines is 1. The summed E-state index contributed by atoms with van der Waals surface area (Å²) in [7, 11) is 0. The first-order chi connectivity index (χ1) is 6.27. The van der Waals surface area contributed by atoms with E-state index in [2.05, 4.69) is 10.1 Å². The number of carbonyl (C=O) groups excluding carboxylic acids is 1. The first-order valence-electron chi connectivity index (χ1n) is 3.81. The molecule has 0 unspecified atom stereocenters. The van der Waals surface area contributed by atoms with Crippen molar-refractivity contribution in [2.45, 2.75) is 6.92 Å². The second-order valence-corrected chi connectivity index (χ2v) is 2.29. The number of carbonyl (C=O) groups is 1. The molecular formula is C8H10N2O3. The van der Waals surface area contributed by atoms with Gasteiger partial charge < -0.3 is 14.9 Å². The molecule has 0 aromatic carbocycles. The fraction of sp³-hybridized carbons (Fsp3) is 0.250. The van der Waals surface area contributed by atoms with Crippen LogP contribution in [0.5, 0.6) is 0 Å². The Balaban J connectivity index is 2.73. The van der Waals surface area contributed by atoms with Crippen molar-refractivity contribution < 1.29 is 14.7 Å². The van der Waals surface area contributed by atoms with Gasteiger partial charge in [0.15, 0.2) is 0 Å². The Morgan fingerprint density at radius 3 is 3.15 bits per heavy atom. The van der Waals surface area contributed by atoms with Gasteiger partial charge >= 0.3 is 5.97 Å². The lowest BCUT2D eigenvalue weighted by atomic mass is 10.4. The van der Waals surface area contributed by atoms with Crippen LogP contribution < -0.4 is 0 Å². The fourth-order valence-electron chi connectivity index (χ4n) is 0.877. The van der Waals surface area contributed by atoms with E-state index in [-0.39, 0.29) is 0 Å². The van der Waals surface area contributed by atoms with Crippen LogP contribution in [0.4, 0.5) is 0 Å². The van der Waals surface area contributed by atoms with Crippen LogP contribution in [0.3, 0.4) is 0 Å². The molecule has 1 heterocycles. The summed E-state index contributed by atoms with van der Waals surface area (Å²) in [4.78, 5) is 13.8. The summed E-state index contributed by atoms with van der Waals surface area (Å²) in [6, 6.07) is 3.18. The minimum absolute atomic E-state index is 0.335. The Kier molecular flexibility index (Phi) is 3.08. The van der Waals surface area contributed by atoms with E-state index in [0.29, 0.717) is 18.0 Å². The van der Waals surface area contributed by atoms with Gasteiger partial charge in [0.2, 0.25) is 0 Å². The van der Waals surface area contributed by atoms with Gasteiger partial charge in [-0.2, -0.15) is 0 Å². The maximum Gasteiger partial charge on any atom is 0.354 e. The Labute approximate surface area is 75.0 Å². The topological polar surface area (TPSA) is 74.7 Å². The standard InChI is InChI=1S/C8H10N2O3/c1-2-13-8(11)7-4-3-6(10-7)5-9-12/h3-5,10,12H,2H2,1H3. The van der Waals surface area contributed by atoms with Crippen LogP contribution in [0.15, 0.2) is 17.3 Å². The van der Waals surface area contributed by atoms with Crippen molar-refractivity contribution in [1.82, 2.24) is 4.98 Å². The smallest absolute Gasteiger partial charge is 0.354 e. The van der Waals surface area contributed by atoms with Gasteiger partial charge in [0.1, 0.15) is 5.69 Å². The van der Waals surface area contributed by atoms with Gasteiger partial charge in [-0.25, -0.2) is 4.79 Å². The highest BCUT2D eigenvalue weighted by molar-refractivity contribution is 5.89. The van der Waals surface area contributed by atoms with Gasteiger partial charge in [-0.05, 0) is 19.1 Å². The normalized spacial score (nSPS) is 10.5. The van der Waals surface area contributed by atoms with E-state index in [0.717, 1.165) is 0 Å². The van der Waals surface area contributed by atoms with Gasteiger partial charge in [0.25, 0.3) is 0 Å². The van der Waals surface area contributed by atoms with Gasteiger partial charge in [-0.3, -0.25) is 0 Å². The maximum absolute atomic E-state index is 11.1. The molecule has 1 aromatic heterocycles.